The molecule has 6 heteroatoms. The molecule has 0 saturated carbocycles. The molecule has 22 heavy (non-hydrogen) atoms. The molecule has 0 aliphatic carbocycles. The third-order valence-corrected chi connectivity index (χ3v) is 3.19. The number of anilines is 1. The first-order valence-corrected chi connectivity index (χ1v) is 7.43. The van der Waals surface area contributed by atoms with Crippen LogP contribution in [0.5, 0.6) is 0 Å². The van der Waals surface area contributed by atoms with E-state index in [0.717, 1.165) is 6.42 Å². The molecule has 0 heterocycles. The lowest BCUT2D eigenvalue weighted by molar-refractivity contribution is 0.0939. The Balaban J connectivity index is 2.54. The molecule has 1 aromatic carbocycles. The monoisotopic (exact) mass is 307 g/mol. The lowest BCUT2D eigenvalue weighted by Crippen LogP contribution is -2.38. The summed E-state index contributed by atoms with van der Waals surface area (Å²) in [6, 6.07) is 6.53. The molecular weight excluding hydrogens is 282 g/mol. The molecule has 0 bridgehead atoms. The van der Waals surface area contributed by atoms with Crippen LogP contribution < -0.4 is 16.0 Å². The molecule has 1 aromatic rings. The fraction of sp³-hybridized carbons (Fsp3) is 0.500. The van der Waals surface area contributed by atoms with E-state index < -0.39 is 0 Å². The molecule has 2 atom stereocenters. The number of carbonyl (C=O) groups excluding carboxylic acids is 2. The zero-order valence-electron chi connectivity index (χ0n) is 13.6. The largest absolute Gasteiger partial charge is 0.383 e. The molecule has 0 saturated heterocycles. The second-order valence-electron chi connectivity index (χ2n) is 5.31. The minimum atomic E-state index is -0.304. The molecule has 0 aliphatic rings. The van der Waals surface area contributed by atoms with Gasteiger partial charge >= 0.3 is 6.03 Å². The first-order valence-electron chi connectivity index (χ1n) is 7.43. The highest BCUT2D eigenvalue weighted by atomic mass is 16.5. The molecule has 0 radical (unpaired) electrons. The van der Waals surface area contributed by atoms with Crippen LogP contribution in [0.25, 0.3) is 0 Å². The second-order valence-corrected chi connectivity index (χ2v) is 5.31. The first-order chi connectivity index (χ1) is 10.5. The average Bonchev–Trinajstić information content (AvgIpc) is 2.47. The summed E-state index contributed by atoms with van der Waals surface area (Å²) in [5, 5.41) is 8.35. The van der Waals surface area contributed by atoms with E-state index in [-0.39, 0.29) is 24.0 Å². The van der Waals surface area contributed by atoms with Crippen molar-refractivity contribution in [3.63, 3.8) is 0 Å². The van der Waals surface area contributed by atoms with Gasteiger partial charge in [-0.25, -0.2) is 4.79 Å². The normalized spacial score (nSPS) is 13.1. The summed E-state index contributed by atoms with van der Waals surface area (Å²) in [4.78, 5) is 23.7. The summed E-state index contributed by atoms with van der Waals surface area (Å²) in [5.41, 5.74) is 1.20. The van der Waals surface area contributed by atoms with E-state index in [9.17, 15) is 9.59 Å². The molecule has 0 aromatic heterocycles. The van der Waals surface area contributed by atoms with Crippen molar-refractivity contribution in [3.05, 3.63) is 29.8 Å². The predicted molar refractivity (Wildman–Crippen MR) is 87.2 cm³/mol. The summed E-state index contributed by atoms with van der Waals surface area (Å²) in [7, 11) is 1.58. The zero-order valence-corrected chi connectivity index (χ0v) is 13.6. The summed E-state index contributed by atoms with van der Waals surface area (Å²) in [6.45, 7) is 6.27. The van der Waals surface area contributed by atoms with E-state index in [1.54, 1.807) is 31.4 Å². The molecule has 0 fully saturated rings. The Kier molecular flexibility index (Phi) is 7.39. The molecular formula is C16H25N3O3. The third-order valence-electron chi connectivity index (χ3n) is 3.19. The van der Waals surface area contributed by atoms with Crippen molar-refractivity contribution < 1.29 is 14.3 Å². The van der Waals surface area contributed by atoms with Gasteiger partial charge < -0.3 is 20.7 Å². The number of urea groups is 1. The van der Waals surface area contributed by atoms with Crippen LogP contribution in [0.1, 0.15) is 37.6 Å². The molecule has 122 valence electrons. The van der Waals surface area contributed by atoms with Gasteiger partial charge in [0.15, 0.2) is 0 Å². The van der Waals surface area contributed by atoms with Crippen LogP contribution in [-0.4, -0.2) is 37.7 Å². The number of amides is 3. The van der Waals surface area contributed by atoms with Crippen molar-refractivity contribution in [2.45, 2.75) is 39.3 Å². The van der Waals surface area contributed by atoms with E-state index in [4.69, 9.17) is 4.74 Å². The van der Waals surface area contributed by atoms with Gasteiger partial charge in [0.1, 0.15) is 0 Å². The van der Waals surface area contributed by atoms with E-state index in [1.807, 2.05) is 20.8 Å². The number of hydrogen-bond donors (Lipinski definition) is 3. The van der Waals surface area contributed by atoms with Crippen molar-refractivity contribution in [2.24, 2.45) is 0 Å². The summed E-state index contributed by atoms with van der Waals surface area (Å²) in [6.07, 6.45) is 0.880. The summed E-state index contributed by atoms with van der Waals surface area (Å²) >= 11 is 0. The smallest absolute Gasteiger partial charge is 0.319 e. The van der Waals surface area contributed by atoms with Crippen molar-refractivity contribution in [2.75, 3.05) is 19.0 Å². The Morgan fingerprint density at radius 2 is 1.73 bits per heavy atom. The SMILES string of the molecule is CCC(C)NC(=O)c1ccc(NC(=O)NC(C)COC)cc1. The lowest BCUT2D eigenvalue weighted by atomic mass is 10.1. The van der Waals surface area contributed by atoms with Gasteiger partial charge in [-0.15, -0.1) is 0 Å². The van der Waals surface area contributed by atoms with Gasteiger partial charge in [0, 0.05) is 24.4 Å². The van der Waals surface area contributed by atoms with Gasteiger partial charge in [-0.3, -0.25) is 4.79 Å². The highest BCUT2D eigenvalue weighted by Gasteiger charge is 2.10. The molecule has 0 spiro atoms. The Morgan fingerprint density at radius 1 is 1.09 bits per heavy atom. The maximum Gasteiger partial charge on any atom is 0.319 e. The van der Waals surface area contributed by atoms with Crippen LogP contribution in [0.2, 0.25) is 0 Å². The minimum absolute atomic E-state index is 0.0782. The van der Waals surface area contributed by atoms with Crippen molar-refractivity contribution >= 4 is 17.6 Å². The summed E-state index contributed by atoms with van der Waals surface area (Å²) in [5.74, 6) is -0.112. The van der Waals surface area contributed by atoms with Gasteiger partial charge in [0.25, 0.3) is 5.91 Å². The topological polar surface area (TPSA) is 79.5 Å². The van der Waals surface area contributed by atoms with E-state index in [1.165, 1.54) is 0 Å². The lowest BCUT2D eigenvalue weighted by Gasteiger charge is -2.14. The van der Waals surface area contributed by atoms with Crippen molar-refractivity contribution in [1.82, 2.24) is 10.6 Å². The zero-order chi connectivity index (χ0) is 16.5. The molecule has 0 aliphatic heterocycles. The molecule has 6 nitrogen and oxygen atoms in total. The molecule has 2 unspecified atom stereocenters. The van der Waals surface area contributed by atoms with Crippen LogP contribution in [0.3, 0.4) is 0 Å². The van der Waals surface area contributed by atoms with Crippen molar-refractivity contribution in [1.29, 1.82) is 0 Å². The van der Waals surface area contributed by atoms with Crippen LogP contribution in [-0.2, 0) is 4.74 Å². The van der Waals surface area contributed by atoms with Crippen LogP contribution in [0.4, 0.5) is 10.5 Å². The standard InChI is InChI=1S/C16H25N3O3/c1-5-11(2)17-15(20)13-6-8-14(9-7-13)19-16(21)18-12(3)10-22-4/h6-9,11-12H,5,10H2,1-4H3,(H,17,20)(H2,18,19,21). The fourth-order valence-corrected chi connectivity index (χ4v) is 1.80. The third kappa shape index (κ3) is 6.13. The first kappa shape index (κ1) is 18.0. The Bertz CT molecular complexity index is 488. The number of benzene rings is 1. The van der Waals surface area contributed by atoms with Gasteiger partial charge in [-0.2, -0.15) is 0 Å². The number of nitrogens with one attached hydrogen (secondary N) is 3. The number of ether oxygens (including phenoxy) is 1. The molecule has 3 N–H and O–H groups in total. The van der Waals surface area contributed by atoms with E-state index in [2.05, 4.69) is 16.0 Å². The Morgan fingerprint density at radius 3 is 2.27 bits per heavy atom. The fourth-order valence-electron chi connectivity index (χ4n) is 1.80. The quantitative estimate of drug-likeness (QED) is 0.723. The van der Waals surface area contributed by atoms with Gasteiger partial charge in [0.05, 0.1) is 12.6 Å². The van der Waals surface area contributed by atoms with Crippen LogP contribution >= 0.6 is 0 Å². The number of carbonyl (C=O) groups is 2. The highest BCUT2D eigenvalue weighted by molar-refractivity contribution is 5.95. The predicted octanol–water partition coefficient (Wildman–Crippen LogP) is 2.37. The number of methoxy groups -OCH3 is 1. The maximum absolute atomic E-state index is 11.9. The second kappa shape index (κ2) is 9.04. The van der Waals surface area contributed by atoms with Crippen LogP contribution in [0.15, 0.2) is 24.3 Å². The van der Waals surface area contributed by atoms with E-state index >= 15 is 0 Å². The van der Waals surface area contributed by atoms with E-state index in [0.29, 0.717) is 17.9 Å². The Hall–Kier alpha value is -2.08. The van der Waals surface area contributed by atoms with Gasteiger partial charge in [0.2, 0.25) is 0 Å². The average molecular weight is 307 g/mol. The van der Waals surface area contributed by atoms with Crippen LogP contribution in [0, 0.1) is 0 Å². The van der Waals surface area contributed by atoms with Gasteiger partial charge in [-0.1, -0.05) is 6.92 Å². The molecule has 1 rings (SSSR count). The highest BCUT2D eigenvalue weighted by Crippen LogP contribution is 2.10. The number of hydrogen-bond acceptors (Lipinski definition) is 3. The minimum Gasteiger partial charge on any atom is -0.383 e. The van der Waals surface area contributed by atoms with Gasteiger partial charge in [-0.05, 0) is 44.5 Å². The Labute approximate surface area is 131 Å². The van der Waals surface area contributed by atoms with Crippen molar-refractivity contribution in [3.8, 4) is 0 Å². The molecule has 3 amide bonds. The number of rotatable bonds is 7. The maximum atomic E-state index is 11.9. The summed E-state index contributed by atoms with van der Waals surface area (Å²) < 4.78 is 4.95.